The SMILES string of the molecule is C[Si](C)(C)C#Cc1cc([Si](C)(C)C)c(C#N)c(N)c1C#N. The number of nitriles is 2. The summed E-state index contributed by atoms with van der Waals surface area (Å²) in [6.45, 7) is 12.9. The molecule has 0 radical (unpaired) electrons. The van der Waals surface area contributed by atoms with E-state index in [4.69, 9.17) is 5.73 Å². The Hall–Kier alpha value is -2.01. The highest BCUT2D eigenvalue weighted by molar-refractivity contribution is 6.89. The molecule has 0 unspecified atom stereocenters. The molecule has 0 saturated heterocycles. The third-order valence-electron chi connectivity index (χ3n) is 2.97. The van der Waals surface area contributed by atoms with Crippen LogP contribution < -0.4 is 10.9 Å². The molecule has 0 atom stereocenters. The van der Waals surface area contributed by atoms with Gasteiger partial charge < -0.3 is 5.73 Å². The van der Waals surface area contributed by atoms with Crippen molar-refractivity contribution in [1.82, 2.24) is 0 Å². The van der Waals surface area contributed by atoms with Crippen LogP contribution in [0.1, 0.15) is 16.7 Å². The van der Waals surface area contributed by atoms with Crippen molar-refractivity contribution in [2.24, 2.45) is 0 Å². The number of nitrogen functional groups attached to an aromatic ring is 1. The monoisotopic (exact) mass is 311 g/mol. The number of nitrogens with two attached hydrogens (primary N) is 1. The highest BCUT2D eigenvalue weighted by Crippen LogP contribution is 2.22. The minimum Gasteiger partial charge on any atom is -0.397 e. The van der Waals surface area contributed by atoms with Gasteiger partial charge in [0.1, 0.15) is 20.2 Å². The van der Waals surface area contributed by atoms with E-state index in [2.05, 4.69) is 62.9 Å². The van der Waals surface area contributed by atoms with Crippen molar-refractivity contribution in [3.8, 4) is 23.6 Å². The molecule has 21 heavy (non-hydrogen) atoms. The molecule has 2 N–H and O–H groups in total. The Morgan fingerprint density at radius 1 is 0.952 bits per heavy atom. The summed E-state index contributed by atoms with van der Waals surface area (Å²) in [6, 6.07) is 6.18. The third kappa shape index (κ3) is 3.98. The maximum atomic E-state index is 9.39. The van der Waals surface area contributed by atoms with Crippen molar-refractivity contribution in [3.63, 3.8) is 0 Å². The molecule has 0 aliphatic carbocycles. The van der Waals surface area contributed by atoms with E-state index in [0.717, 1.165) is 5.19 Å². The Bertz CT molecular complexity index is 712. The first-order valence-electron chi connectivity index (χ1n) is 6.81. The van der Waals surface area contributed by atoms with E-state index >= 15 is 0 Å². The van der Waals surface area contributed by atoms with E-state index in [9.17, 15) is 10.5 Å². The summed E-state index contributed by atoms with van der Waals surface area (Å²) in [5, 5.41) is 19.7. The number of nitrogens with zero attached hydrogens (tertiary/aromatic N) is 2. The predicted molar refractivity (Wildman–Crippen MR) is 93.5 cm³/mol. The molecular weight excluding hydrogens is 290 g/mol. The summed E-state index contributed by atoms with van der Waals surface area (Å²) in [5.74, 6) is 3.13. The lowest BCUT2D eigenvalue weighted by molar-refractivity contribution is 1.44. The highest BCUT2D eigenvalue weighted by Gasteiger charge is 2.25. The third-order valence-corrected chi connectivity index (χ3v) is 5.86. The van der Waals surface area contributed by atoms with E-state index in [1.54, 1.807) is 0 Å². The smallest absolute Gasteiger partial charge is 0.129 e. The molecule has 1 rings (SSSR count). The molecule has 5 heteroatoms. The summed E-state index contributed by atoms with van der Waals surface area (Å²) in [7, 11) is -3.28. The Balaban J connectivity index is 3.75. The molecule has 3 nitrogen and oxygen atoms in total. The van der Waals surface area contributed by atoms with Crippen LogP contribution in [0, 0.1) is 34.1 Å². The Labute approximate surface area is 129 Å². The minimum absolute atomic E-state index is 0.278. The van der Waals surface area contributed by atoms with Gasteiger partial charge in [-0.25, -0.2) is 0 Å². The molecule has 0 fully saturated rings. The van der Waals surface area contributed by atoms with Crippen molar-refractivity contribution in [1.29, 1.82) is 10.5 Å². The second-order valence-electron chi connectivity index (χ2n) is 7.11. The van der Waals surface area contributed by atoms with Crippen LogP contribution in [0.5, 0.6) is 0 Å². The second-order valence-corrected chi connectivity index (χ2v) is 16.9. The Morgan fingerprint density at radius 3 is 1.86 bits per heavy atom. The topological polar surface area (TPSA) is 73.6 Å². The molecule has 0 aliphatic heterocycles. The van der Waals surface area contributed by atoms with Crippen LogP contribution in [-0.2, 0) is 0 Å². The lowest BCUT2D eigenvalue weighted by Crippen LogP contribution is -2.40. The first-order valence-corrected chi connectivity index (χ1v) is 13.8. The highest BCUT2D eigenvalue weighted by atomic mass is 28.3. The van der Waals surface area contributed by atoms with Crippen LogP contribution in [0.25, 0.3) is 0 Å². The molecular formula is C16H21N3Si2. The number of benzene rings is 1. The number of hydrogen-bond donors (Lipinski definition) is 1. The van der Waals surface area contributed by atoms with Gasteiger partial charge >= 0.3 is 0 Å². The summed E-state index contributed by atoms with van der Waals surface area (Å²) >= 11 is 0. The van der Waals surface area contributed by atoms with Gasteiger partial charge in [0.2, 0.25) is 0 Å². The van der Waals surface area contributed by atoms with Crippen molar-refractivity contribution in [2.75, 3.05) is 5.73 Å². The fourth-order valence-corrected chi connectivity index (χ4v) is 3.92. The number of hydrogen-bond acceptors (Lipinski definition) is 3. The zero-order valence-corrected chi connectivity index (χ0v) is 15.5. The zero-order chi connectivity index (χ0) is 16.4. The molecule has 0 heterocycles. The van der Waals surface area contributed by atoms with Crippen molar-refractivity contribution >= 4 is 27.0 Å². The molecule has 1 aromatic carbocycles. The van der Waals surface area contributed by atoms with Crippen molar-refractivity contribution < 1.29 is 0 Å². The summed E-state index contributed by atoms with van der Waals surface area (Å²) in [6.07, 6.45) is 0. The lowest BCUT2D eigenvalue weighted by atomic mass is 10.0. The van der Waals surface area contributed by atoms with Gasteiger partial charge in [-0.3, -0.25) is 0 Å². The molecule has 0 aromatic heterocycles. The van der Waals surface area contributed by atoms with Gasteiger partial charge in [-0.1, -0.05) is 45.2 Å². The quantitative estimate of drug-likeness (QED) is 0.492. The van der Waals surface area contributed by atoms with E-state index in [0.29, 0.717) is 16.7 Å². The van der Waals surface area contributed by atoms with E-state index < -0.39 is 16.1 Å². The van der Waals surface area contributed by atoms with Gasteiger partial charge in [0, 0.05) is 5.56 Å². The van der Waals surface area contributed by atoms with Gasteiger partial charge in [-0.15, -0.1) is 5.54 Å². The summed E-state index contributed by atoms with van der Waals surface area (Å²) in [5.41, 5.74) is 11.1. The van der Waals surface area contributed by atoms with Gasteiger partial charge in [-0.05, 0) is 11.3 Å². The average molecular weight is 312 g/mol. The molecule has 0 saturated carbocycles. The normalized spacial score (nSPS) is 11.0. The number of rotatable bonds is 1. The van der Waals surface area contributed by atoms with Crippen molar-refractivity contribution in [3.05, 3.63) is 22.8 Å². The Kier molecular flexibility index (Phi) is 4.69. The Morgan fingerprint density at radius 2 is 1.48 bits per heavy atom. The van der Waals surface area contributed by atoms with E-state index in [1.165, 1.54) is 0 Å². The van der Waals surface area contributed by atoms with Crippen molar-refractivity contribution in [2.45, 2.75) is 39.3 Å². The first kappa shape index (κ1) is 17.0. The van der Waals surface area contributed by atoms with E-state index in [1.807, 2.05) is 6.07 Å². The van der Waals surface area contributed by atoms with Crippen LogP contribution >= 0.6 is 0 Å². The molecule has 108 valence electrons. The van der Waals surface area contributed by atoms with Gasteiger partial charge in [0.05, 0.1) is 24.9 Å². The maximum Gasteiger partial charge on any atom is 0.129 e. The van der Waals surface area contributed by atoms with Gasteiger partial charge in [0.15, 0.2) is 0 Å². The predicted octanol–water partition coefficient (Wildman–Crippen LogP) is 2.79. The van der Waals surface area contributed by atoms with Crippen LogP contribution in [0.15, 0.2) is 6.07 Å². The molecule has 0 amide bonds. The first-order chi connectivity index (χ1) is 9.51. The van der Waals surface area contributed by atoms with Crippen LogP contribution in [0.4, 0.5) is 5.69 Å². The van der Waals surface area contributed by atoms with Crippen LogP contribution in [0.3, 0.4) is 0 Å². The van der Waals surface area contributed by atoms with E-state index in [-0.39, 0.29) is 5.69 Å². The maximum absolute atomic E-state index is 9.39. The zero-order valence-electron chi connectivity index (χ0n) is 13.5. The average Bonchev–Trinajstić information content (AvgIpc) is 2.33. The van der Waals surface area contributed by atoms with Crippen LogP contribution in [-0.4, -0.2) is 16.1 Å². The lowest BCUT2D eigenvalue weighted by Gasteiger charge is -2.20. The summed E-state index contributed by atoms with van der Waals surface area (Å²) < 4.78 is 0. The summed E-state index contributed by atoms with van der Waals surface area (Å²) in [4.78, 5) is 0. The van der Waals surface area contributed by atoms with Gasteiger partial charge in [0.25, 0.3) is 0 Å². The van der Waals surface area contributed by atoms with Crippen LogP contribution in [0.2, 0.25) is 39.3 Å². The standard InChI is InChI=1S/C16H21N3Si2/c1-20(2,3)8-7-12-9-15(21(4,5)6)14(11-18)16(19)13(12)10-17/h9H,19H2,1-6H3. The minimum atomic E-state index is -1.74. The second kappa shape index (κ2) is 5.78. The fourth-order valence-electron chi connectivity index (χ4n) is 1.89. The fraction of sp³-hybridized carbons (Fsp3) is 0.375. The molecule has 0 bridgehead atoms. The molecule has 0 spiro atoms. The molecule has 0 aliphatic rings. The molecule has 1 aromatic rings. The number of anilines is 1. The van der Waals surface area contributed by atoms with Gasteiger partial charge in [-0.2, -0.15) is 10.5 Å². The largest absolute Gasteiger partial charge is 0.397 e.